The molecule has 0 atom stereocenters. The van der Waals surface area contributed by atoms with Crippen molar-refractivity contribution in [3.63, 3.8) is 0 Å². The molecule has 6 rings (SSSR count). The zero-order valence-corrected chi connectivity index (χ0v) is 20.6. The Morgan fingerprint density at radius 1 is 0.972 bits per heavy atom. The summed E-state index contributed by atoms with van der Waals surface area (Å²) in [6.07, 6.45) is 0. The van der Waals surface area contributed by atoms with Gasteiger partial charge in [-0.2, -0.15) is 0 Å². The number of carbonyl (C=O) groups excluding carboxylic acids is 1. The van der Waals surface area contributed by atoms with Crippen LogP contribution in [0.4, 0.5) is 5.13 Å². The molecule has 182 valence electrons. The smallest absolute Gasteiger partial charge is 0.349 e. The molecule has 0 N–H and O–H groups in total. The highest BCUT2D eigenvalue weighted by molar-refractivity contribution is 7.22. The van der Waals surface area contributed by atoms with Crippen LogP contribution in [0.5, 0.6) is 11.5 Å². The number of carbonyl (C=O) groups is 1. The van der Waals surface area contributed by atoms with Gasteiger partial charge in [-0.1, -0.05) is 41.7 Å². The topological polar surface area (TPSA) is 85.1 Å². The Morgan fingerprint density at radius 2 is 1.78 bits per heavy atom. The van der Waals surface area contributed by atoms with Crippen molar-refractivity contribution in [2.24, 2.45) is 0 Å². The van der Waals surface area contributed by atoms with E-state index in [2.05, 4.69) is 4.90 Å². The molecule has 0 spiro atoms. The quantitative estimate of drug-likeness (QED) is 0.264. The Morgan fingerprint density at radius 3 is 2.56 bits per heavy atom. The zero-order valence-electron chi connectivity index (χ0n) is 19.8. The summed E-state index contributed by atoms with van der Waals surface area (Å²) in [6.45, 7) is 2.16. The van der Waals surface area contributed by atoms with Crippen LogP contribution in [-0.2, 0) is 0 Å². The van der Waals surface area contributed by atoms with Crippen LogP contribution in [0.1, 0.15) is 10.4 Å². The molecule has 0 saturated carbocycles. The van der Waals surface area contributed by atoms with Crippen molar-refractivity contribution in [1.82, 2.24) is 9.88 Å². The maximum atomic E-state index is 13.3. The van der Waals surface area contributed by atoms with E-state index in [0.29, 0.717) is 43.3 Å². The number of amides is 1. The SMILES string of the molecule is COc1ccc2sc(N3CCN(C(=O)c4cc5c(ccc6ccccc65)oc4=O)CC3)nc2c1OC. The first-order valence-electron chi connectivity index (χ1n) is 11.6. The van der Waals surface area contributed by atoms with Gasteiger partial charge in [-0.15, -0.1) is 0 Å². The molecule has 0 bridgehead atoms. The van der Waals surface area contributed by atoms with E-state index in [1.165, 1.54) is 0 Å². The highest BCUT2D eigenvalue weighted by atomic mass is 32.1. The van der Waals surface area contributed by atoms with Gasteiger partial charge in [-0.05, 0) is 35.0 Å². The molecule has 2 aromatic heterocycles. The van der Waals surface area contributed by atoms with Crippen LogP contribution >= 0.6 is 11.3 Å². The third-order valence-electron chi connectivity index (χ3n) is 6.60. The molecule has 36 heavy (non-hydrogen) atoms. The van der Waals surface area contributed by atoms with Gasteiger partial charge in [0, 0.05) is 31.6 Å². The van der Waals surface area contributed by atoms with Crippen LogP contribution in [0.25, 0.3) is 32.0 Å². The average Bonchev–Trinajstić information content (AvgIpc) is 3.36. The summed E-state index contributed by atoms with van der Waals surface area (Å²) in [5.74, 6) is 0.940. The molecule has 1 saturated heterocycles. The van der Waals surface area contributed by atoms with E-state index in [4.69, 9.17) is 18.9 Å². The minimum absolute atomic E-state index is 0.0594. The number of piperazine rings is 1. The van der Waals surface area contributed by atoms with Crippen LogP contribution in [0.3, 0.4) is 0 Å². The Hall–Kier alpha value is -4.11. The van der Waals surface area contributed by atoms with Crippen molar-refractivity contribution in [3.05, 3.63) is 70.6 Å². The molecule has 5 aromatic rings. The maximum absolute atomic E-state index is 13.3. The minimum Gasteiger partial charge on any atom is -0.493 e. The highest BCUT2D eigenvalue weighted by Gasteiger charge is 2.27. The number of fused-ring (bicyclic) bond motifs is 4. The predicted molar refractivity (Wildman–Crippen MR) is 141 cm³/mol. The number of hydrogen-bond acceptors (Lipinski definition) is 8. The van der Waals surface area contributed by atoms with Gasteiger partial charge >= 0.3 is 5.63 Å². The summed E-state index contributed by atoms with van der Waals surface area (Å²) in [5, 5.41) is 3.59. The molecule has 3 heterocycles. The predicted octanol–water partition coefficient (Wildman–Crippen LogP) is 4.54. The third kappa shape index (κ3) is 3.63. The molecular formula is C27H23N3O5S. The molecule has 1 aliphatic heterocycles. The van der Waals surface area contributed by atoms with Gasteiger partial charge in [0.05, 0.1) is 18.9 Å². The summed E-state index contributed by atoms with van der Waals surface area (Å²) in [6, 6.07) is 17.0. The van der Waals surface area contributed by atoms with Crippen molar-refractivity contribution >= 4 is 54.3 Å². The Bertz CT molecular complexity index is 1680. The summed E-state index contributed by atoms with van der Waals surface area (Å²) in [4.78, 5) is 34.7. The fraction of sp³-hybridized carbons (Fsp3) is 0.222. The normalized spacial score (nSPS) is 14.1. The molecule has 1 amide bonds. The largest absolute Gasteiger partial charge is 0.493 e. The molecule has 0 unspecified atom stereocenters. The molecule has 1 fully saturated rings. The van der Waals surface area contributed by atoms with Crippen LogP contribution in [-0.4, -0.2) is 56.2 Å². The molecule has 0 aliphatic carbocycles. The Labute approximate surface area is 210 Å². The maximum Gasteiger partial charge on any atom is 0.349 e. The fourth-order valence-electron chi connectivity index (χ4n) is 4.72. The Balaban J connectivity index is 1.25. The minimum atomic E-state index is -0.613. The van der Waals surface area contributed by atoms with E-state index in [1.807, 2.05) is 42.5 Å². The van der Waals surface area contributed by atoms with Crippen molar-refractivity contribution < 1.29 is 18.7 Å². The lowest BCUT2D eigenvalue weighted by atomic mass is 10.0. The molecule has 8 nitrogen and oxygen atoms in total. The number of ether oxygens (including phenoxy) is 2. The first kappa shape index (κ1) is 22.4. The average molecular weight is 502 g/mol. The summed E-state index contributed by atoms with van der Waals surface area (Å²) < 4.78 is 17.5. The number of nitrogens with zero attached hydrogens (tertiary/aromatic N) is 3. The first-order valence-corrected chi connectivity index (χ1v) is 12.4. The second kappa shape index (κ2) is 8.83. The van der Waals surface area contributed by atoms with Gasteiger partial charge in [0.15, 0.2) is 16.6 Å². The van der Waals surface area contributed by atoms with Crippen LogP contribution in [0.2, 0.25) is 0 Å². The van der Waals surface area contributed by atoms with Gasteiger partial charge in [0.25, 0.3) is 5.91 Å². The van der Waals surface area contributed by atoms with Crippen molar-refractivity contribution in [2.75, 3.05) is 45.3 Å². The summed E-state index contributed by atoms with van der Waals surface area (Å²) >= 11 is 1.57. The van der Waals surface area contributed by atoms with E-state index in [9.17, 15) is 9.59 Å². The first-order chi connectivity index (χ1) is 17.6. The van der Waals surface area contributed by atoms with Gasteiger partial charge in [0.2, 0.25) is 0 Å². The lowest BCUT2D eigenvalue weighted by Gasteiger charge is -2.34. The number of anilines is 1. The standard InChI is InChI=1S/C27H23N3O5S/c1-33-21-9-10-22-23(24(21)34-2)28-27(36-22)30-13-11-29(12-14-30)25(31)19-15-18-17-6-4-3-5-16(17)7-8-20(18)35-26(19)32/h3-10,15H,11-14H2,1-2H3. The zero-order chi connectivity index (χ0) is 24.8. The van der Waals surface area contributed by atoms with Crippen LogP contribution in [0, 0.1) is 0 Å². The monoisotopic (exact) mass is 501 g/mol. The fourth-order valence-corrected chi connectivity index (χ4v) is 5.74. The van der Waals surface area contributed by atoms with Crippen LogP contribution in [0.15, 0.2) is 63.8 Å². The van der Waals surface area contributed by atoms with E-state index in [1.54, 1.807) is 42.6 Å². The third-order valence-corrected chi connectivity index (χ3v) is 7.68. The van der Waals surface area contributed by atoms with E-state index in [0.717, 1.165) is 31.5 Å². The molecule has 9 heteroatoms. The highest BCUT2D eigenvalue weighted by Crippen LogP contribution is 2.40. The number of rotatable bonds is 4. The molecule has 0 radical (unpaired) electrons. The lowest BCUT2D eigenvalue weighted by Crippen LogP contribution is -2.49. The van der Waals surface area contributed by atoms with Crippen molar-refractivity contribution in [1.29, 1.82) is 0 Å². The number of hydrogen-bond donors (Lipinski definition) is 0. The second-order valence-electron chi connectivity index (χ2n) is 8.57. The number of thiazole rings is 1. The van der Waals surface area contributed by atoms with Crippen molar-refractivity contribution in [2.45, 2.75) is 0 Å². The van der Waals surface area contributed by atoms with Crippen molar-refractivity contribution in [3.8, 4) is 11.5 Å². The van der Waals surface area contributed by atoms with Gasteiger partial charge in [-0.25, -0.2) is 9.78 Å². The molecule has 3 aromatic carbocycles. The number of methoxy groups -OCH3 is 2. The second-order valence-corrected chi connectivity index (χ2v) is 9.58. The lowest BCUT2D eigenvalue weighted by molar-refractivity contribution is 0.0742. The van der Waals surface area contributed by atoms with E-state index >= 15 is 0 Å². The number of aromatic nitrogens is 1. The van der Waals surface area contributed by atoms with E-state index < -0.39 is 5.63 Å². The van der Waals surface area contributed by atoms with Gasteiger partial charge in [0.1, 0.15) is 16.7 Å². The van der Waals surface area contributed by atoms with Crippen LogP contribution < -0.4 is 20.0 Å². The summed E-state index contributed by atoms with van der Waals surface area (Å²) in [5.41, 5.74) is 0.681. The summed E-state index contributed by atoms with van der Waals surface area (Å²) in [7, 11) is 3.21. The Kier molecular flexibility index (Phi) is 5.49. The van der Waals surface area contributed by atoms with Gasteiger partial charge in [-0.3, -0.25) is 4.79 Å². The van der Waals surface area contributed by atoms with Gasteiger partial charge < -0.3 is 23.7 Å². The molecule has 1 aliphatic rings. The number of benzene rings is 3. The molecular weight excluding hydrogens is 478 g/mol. The van der Waals surface area contributed by atoms with E-state index in [-0.39, 0.29) is 11.5 Å².